The molecule has 198 valence electrons. The minimum absolute atomic E-state index is 0.0301. The highest BCUT2D eigenvalue weighted by Gasteiger charge is 2.33. The van der Waals surface area contributed by atoms with Gasteiger partial charge >= 0.3 is 0 Å². The predicted molar refractivity (Wildman–Crippen MR) is 144 cm³/mol. The van der Waals surface area contributed by atoms with E-state index in [1.165, 1.54) is 12.0 Å². The van der Waals surface area contributed by atoms with Crippen molar-refractivity contribution in [1.29, 1.82) is 0 Å². The van der Waals surface area contributed by atoms with Gasteiger partial charge in [0.15, 0.2) is 0 Å². The molecule has 2 aromatic rings. The minimum atomic E-state index is -3.89. The van der Waals surface area contributed by atoms with E-state index in [-0.39, 0.29) is 24.2 Å². The average molecular weight is 559 g/mol. The lowest BCUT2D eigenvalue weighted by Crippen LogP contribution is -2.53. The predicted octanol–water partition coefficient (Wildman–Crippen LogP) is 4.41. The molecule has 0 aliphatic heterocycles. The van der Waals surface area contributed by atoms with Crippen molar-refractivity contribution in [2.45, 2.75) is 52.7 Å². The molecule has 0 saturated heterocycles. The third kappa shape index (κ3) is 7.75. The van der Waals surface area contributed by atoms with E-state index in [0.717, 1.165) is 16.1 Å². The zero-order chi connectivity index (χ0) is 27.2. The molecular formula is C25H33Cl2N3O5S. The first-order valence-corrected chi connectivity index (χ1v) is 14.0. The number of ether oxygens (including phenoxy) is 1. The van der Waals surface area contributed by atoms with E-state index in [4.69, 9.17) is 27.9 Å². The number of hydrogen-bond donors (Lipinski definition) is 1. The van der Waals surface area contributed by atoms with Gasteiger partial charge in [-0.1, -0.05) is 42.3 Å². The monoisotopic (exact) mass is 557 g/mol. The molecule has 0 heterocycles. The van der Waals surface area contributed by atoms with E-state index in [1.807, 2.05) is 20.8 Å². The van der Waals surface area contributed by atoms with Crippen molar-refractivity contribution in [3.05, 3.63) is 57.6 Å². The Balaban J connectivity index is 2.54. The Morgan fingerprint density at radius 1 is 1.08 bits per heavy atom. The first kappa shape index (κ1) is 29.7. The van der Waals surface area contributed by atoms with E-state index < -0.39 is 28.5 Å². The second kappa shape index (κ2) is 12.7. The van der Waals surface area contributed by atoms with Gasteiger partial charge in [-0.3, -0.25) is 13.9 Å². The molecule has 0 bridgehead atoms. The summed E-state index contributed by atoms with van der Waals surface area (Å²) < 4.78 is 32.0. The number of anilines is 1. The van der Waals surface area contributed by atoms with Crippen molar-refractivity contribution in [3.63, 3.8) is 0 Å². The molecule has 8 nitrogen and oxygen atoms in total. The van der Waals surface area contributed by atoms with E-state index in [2.05, 4.69) is 5.32 Å². The van der Waals surface area contributed by atoms with Crippen molar-refractivity contribution >= 4 is 50.7 Å². The average Bonchev–Trinajstić information content (AvgIpc) is 2.78. The molecule has 0 aromatic heterocycles. The Hall–Kier alpha value is -2.49. The minimum Gasteiger partial charge on any atom is -0.495 e. The number of halogens is 2. The third-order valence-corrected chi connectivity index (χ3v) is 7.30. The number of nitrogens with one attached hydrogen (secondary N) is 1. The first-order chi connectivity index (χ1) is 16.8. The van der Waals surface area contributed by atoms with Crippen LogP contribution in [0.1, 0.15) is 38.3 Å². The number of hydrogen-bond acceptors (Lipinski definition) is 5. The molecule has 0 fully saturated rings. The molecule has 0 unspecified atom stereocenters. The van der Waals surface area contributed by atoms with Crippen molar-refractivity contribution < 1.29 is 22.7 Å². The largest absolute Gasteiger partial charge is 0.495 e. The van der Waals surface area contributed by atoms with E-state index in [0.29, 0.717) is 27.8 Å². The molecule has 11 heteroatoms. The maximum Gasteiger partial charge on any atom is 0.244 e. The molecule has 1 N–H and O–H groups in total. The molecule has 1 atom stereocenters. The third-order valence-electron chi connectivity index (χ3n) is 5.44. The highest BCUT2D eigenvalue weighted by Crippen LogP contribution is 2.31. The Morgan fingerprint density at radius 2 is 1.75 bits per heavy atom. The normalized spacial score (nSPS) is 12.2. The topological polar surface area (TPSA) is 96.0 Å². The van der Waals surface area contributed by atoms with Crippen LogP contribution in [0.25, 0.3) is 0 Å². The fourth-order valence-electron chi connectivity index (χ4n) is 3.72. The molecule has 0 aliphatic rings. The SMILES string of the molecule is CC[C@@H](C(=O)NC(C)C)N(Cc1ccc(Cl)c(Cl)c1)C(=O)CN(c1cc(C)ccc1OC)S(C)(=O)=O. The van der Waals surface area contributed by atoms with Gasteiger partial charge in [0.1, 0.15) is 18.3 Å². The second-order valence-corrected chi connectivity index (χ2v) is 11.5. The smallest absolute Gasteiger partial charge is 0.244 e. The Kier molecular flexibility index (Phi) is 10.5. The fourth-order valence-corrected chi connectivity index (χ4v) is 4.89. The molecule has 0 aliphatic carbocycles. The van der Waals surface area contributed by atoms with Crippen molar-refractivity contribution in [2.24, 2.45) is 0 Å². The fraction of sp³-hybridized carbons (Fsp3) is 0.440. The van der Waals surface area contributed by atoms with Crippen molar-refractivity contribution in [1.82, 2.24) is 10.2 Å². The molecular weight excluding hydrogens is 525 g/mol. The van der Waals surface area contributed by atoms with E-state index in [1.54, 1.807) is 43.3 Å². The Labute approximate surface area is 223 Å². The van der Waals surface area contributed by atoms with Crippen LogP contribution in [0.3, 0.4) is 0 Å². The summed E-state index contributed by atoms with van der Waals surface area (Å²) in [4.78, 5) is 28.2. The van der Waals surface area contributed by atoms with Crippen LogP contribution in [-0.2, 0) is 26.2 Å². The maximum absolute atomic E-state index is 13.7. The summed E-state index contributed by atoms with van der Waals surface area (Å²) in [6.45, 7) is 6.76. The number of amides is 2. The quantitative estimate of drug-likeness (QED) is 0.441. The summed E-state index contributed by atoms with van der Waals surface area (Å²) >= 11 is 12.2. The summed E-state index contributed by atoms with van der Waals surface area (Å²) in [5.74, 6) is -0.583. The van der Waals surface area contributed by atoms with Gasteiger partial charge < -0.3 is 15.0 Å². The van der Waals surface area contributed by atoms with E-state index in [9.17, 15) is 18.0 Å². The van der Waals surface area contributed by atoms with Crippen molar-refractivity contribution in [3.8, 4) is 5.75 Å². The first-order valence-electron chi connectivity index (χ1n) is 11.4. The van der Waals surface area contributed by atoms with Crippen LogP contribution in [0.2, 0.25) is 10.0 Å². The summed E-state index contributed by atoms with van der Waals surface area (Å²) in [5, 5.41) is 3.51. The Morgan fingerprint density at radius 3 is 2.28 bits per heavy atom. The van der Waals surface area contributed by atoms with Crippen LogP contribution in [0.4, 0.5) is 5.69 Å². The van der Waals surface area contributed by atoms with Crippen LogP contribution >= 0.6 is 23.2 Å². The number of carbonyl (C=O) groups is 2. The second-order valence-electron chi connectivity index (χ2n) is 8.80. The van der Waals surface area contributed by atoms with Gasteiger partial charge in [-0.2, -0.15) is 0 Å². The van der Waals surface area contributed by atoms with Gasteiger partial charge in [-0.15, -0.1) is 0 Å². The van der Waals surface area contributed by atoms with Gasteiger partial charge in [-0.05, 0) is 62.6 Å². The Bertz CT molecular complexity index is 1200. The zero-order valence-electron chi connectivity index (χ0n) is 21.3. The number of nitrogens with zero attached hydrogens (tertiary/aromatic N) is 2. The lowest BCUT2D eigenvalue weighted by molar-refractivity contribution is -0.140. The van der Waals surface area contributed by atoms with Crippen LogP contribution in [-0.4, -0.2) is 57.1 Å². The lowest BCUT2D eigenvalue weighted by atomic mass is 10.1. The molecule has 36 heavy (non-hydrogen) atoms. The summed E-state index contributed by atoms with van der Waals surface area (Å²) in [6, 6.07) is 9.02. The van der Waals surface area contributed by atoms with Crippen LogP contribution in [0, 0.1) is 6.92 Å². The van der Waals surface area contributed by atoms with Gasteiger partial charge in [-0.25, -0.2) is 8.42 Å². The van der Waals surface area contributed by atoms with Gasteiger partial charge in [0, 0.05) is 12.6 Å². The standard InChI is InChI=1S/C25H33Cl2N3O5S/c1-7-21(25(32)28-16(2)3)29(14-18-9-10-19(26)20(27)13-18)24(31)15-30(36(6,33)34)22-12-17(4)8-11-23(22)35-5/h8-13,16,21H,7,14-15H2,1-6H3,(H,28,32)/t21-/m0/s1. The van der Waals surface area contributed by atoms with Gasteiger partial charge in [0.05, 0.1) is 29.1 Å². The highest BCUT2D eigenvalue weighted by molar-refractivity contribution is 7.92. The lowest BCUT2D eigenvalue weighted by Gasteiger charge is -2.33. The molecule has 0 saturated carbocycles. The number of carbonyl (C=O) groups excluding carboxylic acids is 2. The van der Waals surface area contributed by atoms with E-state index >= 15 is 0 Å². The van der Waals surface area contributed by atoms with Crippen molar-refractivity contribution in [2.75, 3.05) is 24.2 Å². The number of methoxy groups -OCH3 is 1. The summed E-state index contributed by atoms with van der Waals surface area (Å²) in [5.41, 5.74) is 1.68. The number of benzene rings is 2. The summed E-state index contributed by atoms with van der Waals surface area (Å²) in [7, 11) is -2.46. The number of sulfonamides is 1. The highest BCUT2D eigenvalue weighted by atomic mass is 35.5. The maximum atomic E-state index is 13.7. The molecule has 0 spiro atoms. The molecule has 0 radical (unpaired) electrons. The van der Waals surface area contributed by atoms with Crippen LogP contribution in [0.15, 0.2) is 36.4 Å². The molecule has 2 rings (SSSR count). The van der Waals surface area contributed by atoms with Crippen LogP contribution in [0.5, 0.6) is 5.75 Å². The number of rotatable bonds is 11. The van der Waals surface area contributed by atoms with Gasteiger partial charge in [0.2, 0.25) is 21.8 Å². The van der Waals surface area contributed by atoms with Crippen LogP contribution < -0.4 is 14.4 Å². The van der Waals surface area contributed by atoms with Gasteiger partial charge in [0.25, 0.3) is 0 Å². The molecule has 2 amide bonds. The molecule has 2 aromatic carbocycles. The zero-order valence-corrected chi connectivity index (χ0v) is 23.7. The number of aryl methyl sites for hydroxylation is 1. The summed E-state index contributed by atoms with van der Waals surface area (Å²) in [6.07, 6.45) is 1.34.